The number of aromatic hydroxyl groups is 1. The van der Waals surface area contributed by atoms with Gasteiger partial charge in [-0.25, -0.2) is 0 Å². The predicted octanol–water partition coefficient (Wildman–Crippen LogP) is 4.15. The molecule has 25 heavy (non-hydrogen) atoms. The van der Waals surface area contributed by atoms with Gasteiger partial charge in [0.2, 0.25) is 0 Å². The van der Waals surface area contributed by atoms with E-state index in [4.69, 9.17) is 0 Å². The van der Waals surface area contributed by atoms with Gasteiger partial charge >= 0.3 is 0 Å². The van der Waals surface area contributed by atoms with E-state index in [0.29, 0.717) is 6.04 Å². The van der Waals surface area contributed by atoms with Gasteiger partial charge in [-0.3, -0.25) is 9.79 Å². The van der Waals surface area contributed by atoms with Crippen molar-refractivity contribution in [3.05, 3.63) is 40.3 Å². The first-order valence-corrected chi connectivity index (χ1v) is 9.82. The van der Waals surface area contributed by atoms with Crippen LogP contribution in [0.25, 0.3) is 10.1 Å². The largest absolute Gasteiger partial charge is 0.508 e. The van der Waals surface area contributed by atoms with E-state index < -0.39 is 0 Å². The Kier molecular flexibility index (Phi) is 3.45. The predicted molar refractivity (Wildman–Crippen MR) is 101 cm³/mol. The molecule has 1 aromatic carbocycles. The number of thiophene rings is 1. The third-order valence-electron chi connectivity index (χ3n) is 5.58. The molecule has 1 fully saturated rings. The number of aliphatic imine (C=N–C) groups is 1. The summed E-state index contributed by atoms with van der Waals surface area (Å²) < 4.78 is 0.968. The molecule has 1 saturated carbocycles. The van der Waals surface area contributed by atoms with Crippen LogP contribution in [0.5, 0.6) is 5.75 Å². The van der Waals surface area contributed by atoms with Crippen molar-refractivity contribution in [3.63, 3.8) is 0 Å². The number of rotatable bonds is 3. The van der Waals surface area contributed by atoms with E-state index in [-0.39, 0.29) is 17.7 Å². The van der Waals surface area contributed by atoms with Crippen LogP contribution < -0.4 is 0 Å². The molecule has 0 radical (unpaired) electrons. The van der Waals surface area contributed by atoms with Gasteiger partial charge in [-0.05, 0) is 61.4 Å². The summed E-state index contributed by atoms with van der Waals surface area (Å²) in [6.07, 6.45) is 7.31. The number of carbonyl (C=O) groups excluding carboxylic acids is 1. The fourth-order valence-electron chi connectivity index (χ4n) is 4.13. The van der Waals surface area contributed by atoms with Crippen molar-refractivity contribution in [1.82, 2.24) is 4.90 Å². The van der Waals surface area contributed by atoms with Crippen LogP contribution in [-0.2, 0) is 0 Å². The van der Waals surface area contributed by atoms with Crippen LogP contribution in [0.1, 0.15) is 42.5 Å². The minimum Gasteiger partial charge on any atom is -0.508 e. The molecule has 1 amide bonds. The molecule has 0 spiro atoms. The third-order valence-corrected chi connectivity index (χ3v) is 6.52. The van der Waals surface area contributed by atoms with Crippen molar-refractivity contribution in [3.8, 4) is 5.75 Å². The molecule has 128 valence electrons. The zero-order valence-corrected chi connectivity index (χ0v) is 14.8. The van der Waals surface area contributed by atoms with Gasteiger partial charge in [-0.2, -0.15) is 0 Å². The first-order chi connectivity index (χ1) is 12.2. The molecule has 5 rings (SSSR count). The van der Waals surface area contributed by atoms with Gasteiger partial charge in [0.25, 0.3) is 5.91 Å². The van der Waals surface area contributed by atoms with Gasteiger partial charge in [-0.1, -0.05) is 0 Å². The molecular formula is C20H20N2O2S. The molecule has 0 bridgehead atoms. The van der Waals surface area contributed by atoms with E-state index in [0.717, 1.165) is 54.3 Å². The zero-order valence-electron chi connectivity index (χ0n) is 13.9. The highest BCUT2D eigenvalue weighted by molar-refractivity contribution is 7.17. The molecule has 5 heteroatoms. The number of phenolic OH excluding ortho intramolecular Hbond substituents is 1. The van der Waals surface area contributed by atoms with Crippen LogP contribution in [0.4, 0.5) is 0 Å². The van der Waals surface area contributed by atoms with Gasteiger partial charge in [0.05, 0.1) is 12.1 Å². The lowest BCUT2D eigenvalue weighted by molar-refractivity contribution is 0.0648. The normalized spacial score (nSPS) is 22.5. The van der Waals surface area contributed by atoms with Gasteiger partial charge in [0.15, 0.2) is 0 Å². The number of nitrogens with zero attached hydrogens (tertiary/aromatic N) is 2. The maximum absolute atomic E-state index is 13.4. The molecule has 1 aliphatic heterocycles. The van der Waals surface area contributed by atoms with Crippen molar-refractivity contribution >= 4 is 33.5 Å². The second-order valence-corrected chi connectivity index (χ2v) is 8.18. The third kappa shape index (κ3) is 2.58. The highest BCUT2D eigenvalue weighted by Gasteiger charge is 2.40. The van der Waals surface area contributed by atoms with Crippen LogP contribution in [0.15, 0.2) is 39.7 Å². The SMILES string of the molecule is O=C(c1csc2cc(O)ccc12)N(C1CC1)C1CCC2=C(C=NC2)C1. The molecule has 1 N–H and O–H groups in total. The van der Waals surface area contributed by atoms with Crippen LogP contribution in [0, 0.1) is 0 Å². The summed E-state index contributed by atoms with van der Waals surface area (Å²) >= 11 is 1.53. The van der Waals surface area contributed by atoms with Gasteiger partial charge in [-0.15, -0.1) is 11.3 Å². The highest BCUT2D eigenvalue weighted by atomic mass is 32.1. The summed E-state index contributed by atoms with van der Waals surface area (Å²) in [5.74, 6) is 0.406. The molecule has 1 unspecified atom stereocenters. The maximum atomic E-state index is 13.4. The number of fused-ring (bicyclic) bond motifs is 1. The lowest BCUT2D eigenvalue weighted by Crippen LogP contribution is -2.43. The Morgan fingerprint density at radius 1 is 1.24 bits per heavy atom. The molecule has 2 aliphatic carbocycles. The fourth-order valence-corrected chi connectivity index (χ4v) is 5.10. The first-order valence-electron chi connectivity index (χ1n) is 8.94. The smallest absolute Gasteiger partial charge is 0.255 e. The topological polar surface area (TPSA) is 52.9 Å². The number of amides is 1. The number of hydrogen-bond acceptors (Lipinski definition) is 4. The first kappa shape index (κ1) is 15.1. The lowest BCUT2D eigenvalue weighted by atomic mass is 9.88. The molecule has 0 saturated heterocycles. The molecule has 2 heterocycles. The number of benzene rings is 1. The standard InChI is InChI=1S/C20H20N2O2S/c23-16-5-6-17-18(11-25-19(17)8-16)20(24)22(14-3-4-14)15-2-1-12-9-21-10-13(12)7-15/h5-6,8,10-11,14-15,23H,1-4,7,9H2. The Bertz CT molecular complexity index is 923. The maximum Gasteiger partial charge on any atom is 0.255 e. The molecule has 4 nitrogen and oxygen atoms in total. The Labute approximate surface area is 150 Å². The van der Waals surface area contributed by atoms with E-state index >= 15 is 0 Å². The van der Waals surface area contributed by atoms with Crippen molar-refractivity contribution < 1.29 is 9.90 Å². The minimum atomic E-state index is 0.156. The van der Waals surface area contributed by atoms with Crippen LogP contribution >= 0.6 is 11.3 Å². The van der Waals surface area contributed by atoms with Crippen LogP contribution in [0.3, 0.4) is 0 Å². The zero-order chi connectivity index (χ0) is 17.0. The summed E-state index contributed by atoms with van der Waals surface area (Å²) in [6, 6.07) is 5.95. The summed E-state index contributed by atoms with van der Waals surface area (Å²) in [5.41, 5.74) is 3.61. The van der Waals surface area contributed by atoms with E-state index in [9.17, 15) is 9.90 Å². The van der Waals surface area contributed by atoms with Gasteiger partial charge < -0.3 is 10.0 Å². The van der Waals surface area contributed by atoms with Crippen molar-refractivity contribution in [2.45, 2.75) is 44.2 Å². The van der Waals surface area contributed by atoms with Crippen molar-refractivity contribution in [1.29, 1.82) is 0 Å². The molecular weight excluding hydrogens is 332 g/mol. The van der Waals surface area contributed by atoms with Crippen molar-refractivity contribution in [2.75, 3.05) is 6.54 Å². The lowest BCUT2D eigenvalue weighted by Gasteiger charge is -2.35. The molecule has 2 aromatic rings. The summed E-state index contributed by atoms with van der Waals surface area (Å²) in [4.78, 5) is 20.0. The van der Waals surface area contributed by atoms with E-state index in [1.165, 1.54) is 22.5 Å². The molecule has 1 atom stereocenters. The van der Waals surface area contributed by atoms with Gasteiger partial charge in [0.1, 0.15) is 5.75 Å². The monoisotopic (exact) mass is 352 g/mol. The fraction of sp³-hybridized carbons (Fsp3) is 0.400. The highest BCUT2D eigenvalue weighted by Crippen LogP contribution is 2.39. The van der Waals surface area contributed by atoms with E-state index in [1.807, 2.05) is 17.7 Å². The Hall–Kier alpha value is -2.14. The number of hydrogen-bond donors (Lipinski definition) is 1. The molecule has 1 aromatic heterocycles. The van der Waals surface area contributed by atoms with Crippen LogP contribution in [0.2, 0.25) is 0 Å². The second-order valence-electron chi connectivity index (χ2n) is 7.27. The quantitative estimate of drug-likeness (QED) is 0.902. The van der Waals surface area contributed by atoms with Gasteiger partial charge in [0, 0.05) is 33.8 Å². The van der Waals surface area contributed by atoms with Crippen LogP contribution in [-0.4, -0.2) is 40.8 Å². The number of carbonyl (C=O) groups is 1. The number of phenols is 1. The summed E-state index contributed by atoms with van der Waals surface area (Å²) in [5, 5.41) is 12.6. The summed E-state index contributed by atoms with van der Waals surface area (Å²) in [6.45, 7) is 0.859. The van der Waals surface area contributed by atoms with Crippen molar-refractivity contribution in [2.24, 2.45) is 4.99 Å². The minimum absolute atomic E-state index is 0.156. The van der Waals surface area contributed by atoms with E-state index in [2.05, 4.69) is 9.89 Å². The Balaban J connectivity index is 1.48. The van der Waals surface area contributed by atoms with E-state index in [1.54, 1.807) is 12.1 Å². The summed E-state index contributed by atoms with van der Waals surface area (Å²) in [7, 11) is 0. The average molecular weight is 352 g/mol. The average Bonchev–Trinajstić information content (AvgIpc) is 3.18. The second kappa shape index (κ2) is 5.70. The Morgan fingerprint density at radius 3 is 2.96 bits per heavy atom. The molecule has 3 aliphatic rings. The Morgan fingerprint density at radius 2 is 2.12 bits per heavy atom.